The quantitative estimate of drug-likeness (QED) is 0.711. The van der Waals surface area contributed by atoms with Crippen LogP contribution in [0, 0.1) is 5.92 Å². The van der Waals surface area contributed by atoms with Crippen molar-refractivity contribution in [3.63, 3.8) is 0 Å². The highest BCUT2D eigenvalue weighted by molar-refractivity contribution is 6.35. The zero-order valence-electron chi connectivity index (χ0n) is 16.3. The largest absolute Gasteiger partial charge is 0.352 e. The maximum absolute atomic E-state index is 12.6. The highest BCUT2D eigenvalue weighted by Gasteiger charge is 2.29. The normalized spacial score (nSPS) is 16.2. The van der Waals surface area contributed by atoms with Gasteiger partial charge in [0.15, 0.2) is 0 Å². The number of carbonyl (C=O) groups is 2. The summed E-state index contributed by atoms with van der Waals surface area (Å²) in [6, 6.07) is 14.5. The second-order valence-corrected chi connectivity index (χ2v) is 8.21. The molecule has 1 fully saturated rings. The molecule has 154 valence electrons. The van der Waals surface area contributed by atoms with Crippen LogP contribution in [0.1, 0.15) is 25.3 Å². The van der Waals surface area contributed by atoms with E-state index in [0.29, 0.717) is 35.4 Å². The van der Waals surface area contributed by atoms with Crippen molar-refractivity contribution in [2.45, 2.75) is 32.4 Å². The molecule has 1 aliphatic rings. The third-order valence-electron chi connectivity index (χ3n) is 5.27. The summed E-state index contributed by atoms with van der Waals surface area (Å²) >= 11 is 12.0. The number of anilines is 1. The molecular formula is C22H25Cl2N3O2. The van der Waals surface area contributed by atoms with Crippen molar-refractivity contribution in [3.8, 4) is 0 Å². The minimum atomic E-state index is -0.305. The number of piperidine rings is 1. The molecule has 0 spiro atoms. The Hall–Kier alpha value is -2.08. The topological polar surface area (TPSA) is 61.4 Å². The van der Waals surface area contributed by atoms with Crippen LogP contribution < -0.4 is 10.6 Å². The third kappa shape index (κ3) is 6.20. The number of amides is 2. The molecule has 2 amide bonds. The summed E-state index contributed by atoms with van der Waals surface area (Å²) in [4.78, 5) is 27.1. The second kappa shape index (κ2) is 10.1. The fourth-order valence-corrected chi connectivity index (χ4v) is 4.04. The van der Waals surface area contributed by atoms with Crippen molar-refractivity contribution in [1.29, 1.82) is 0 Å². The molecule has 2 N–H and O–H groups in total. The van der Waals surface area contributed by atoms with Crippen LogP contribution in [0.2, 0.25) is 10.0 Å². The van der Waals surface area contributed by atoms with E-state index in [1.807, 2.05) is 37.3 Å². The molecule has 2 aromatic rings. The number of hydrogen-bond acceptors (Lipinski definition) is 3. The van der Waals surface area contributed by atoms with Crippen LogP contribution in [-0.2, 0) is 16.1 Å². The minimum absolute atomic E-state index is 0.0167. The summed E-state index contributed by atoms with van der Waals surface area (Å²) in [5.74, 6) is -0.0496. The lowest BCUT2D eigenvalue weighted by atomic mass is 9.94. The van der Waals surface area contributed by atoms with Gasteiger partial charge in [-0.05, 0) is 56.6 Å². The van der Waals surface area contributed by atoms with Crippen molar-refractivity contribution in [3.05, 3.63) is 64.1 Å². The predicted molar refractivity (Wildman–Crippen MR) is 117 cm³/mol. The highest BCUT2D eigenvalue weighted by atomic mass is 35.5. The van der Waals surface area contributed by atoms with Crippen LogP contribution in [-0.4, -0.2) is 35.8 Å². The minimum Gasteiger partial charge on any atom is -0.352 e. The first-order chi connectivity index (χ1) is 13.9. The standard InChI is InChI=1S/C22H25Cl2N3O2/c1-15(21(28)26-20-12-18(23)11-19(24)13-20)27-9-7-17(8-10-27)22(29)25-14-16-5-3-2-4-6-16/h2-6,11-13,15,17H,7-10,14H2,1H3,(H,25,29)(H,26,28)/t15-/m1/s1. The number of rotatable bonds is 6. The average Bonchev–Trinajstić information content (AvgIpc) is 2.71. The van der Waals surface area contributed by atoms with E-state index in [0.717, 1.165) is 18.4 Å². The molecule has 1 saturated heterocycles. The van der Waals surface area contributed by atoms with Crippen molar-refractivity contribution < 1.29 is 9.59 Å². The number of carbonyl (C=O) groups excluding carboxylic acids is 2. The zero-order valence-corrected chi connectivity index (χ0v) is 17.8. The van der Waals surface area contributed by atoms with Gasteiger partial charge in [-0.25, -0.2) is 0 Å². The van der Waals surface area contributed by atoms with Crippen LogP contribution in [0.15, 0.2) is 48.5 Å². The van der Waals surface area contributed by atoms with Crippen LogP contribution in [0.4, 0.5) is 5.69 Å². The van der Waals surface area contributed by atoms with E-state index in [1.165, 1.54) is 0 Å². The molecule has 0 saturated carbocycles. The molecule has 0 bridgehead atoms. The summed E-state index contributed by atoms with van der Waals surface area (Å²) in [5, 5.41) is 6.83. The Labute approximate surface area is 181 Å². The lowest BCUT2D eigenvalue weighted by molar-refractivity contribution is -0.127. The van der Waals surface area contributed by atoms with E-state index in [4.69, 9.17) is 23.2 Å². The monoisotopic (exact) mass is 433 g/mol. The number of halogens is 2. The maximum atomic E-state index is 12.6. The van der Waals surface area contributed by atoms with Gasteiger partial charge in [-0.2, -0.15) is 0 Å². The SMILES string of the molecule is C[C@H](C(=O)Nc1cc(Cl)cc(Cl)c1)N1CCC(C(=O)NCc2ccccc2)CC1. The summed E-state index contributed by atoms with van der Waals surface area (Å²) in [7, 11) is 0. The van der Waals surface area contributed by atoms with Gasteiger partial charge in [-0.15, -0.1) is 0 Å². The first kappa shape index (κ1) is 21.6. The second-order valence-electron chi connectivity index (χ2n) is 7.34. The highest BCUT2D eigenvalue weighted by Crippen LogP contribution is 2.24. The van der Waals surface area contributed by atoms with Crippen molar-refractivity contribution in [1.82, 2.24) is 10.2 Å². The predicted octanol–water partition coefficient (Wildman–Crippen LogP) is 4.35. The summed E-state index contributed by atoms with van der Waals surface area (Å²) in [6.07, 6.45) is 1.47. The molecule has 0 aromatic heterocycles. The first-order valence-corrected chi connectivity index (χ1v) is 10.5. The Morgan fingerprint density at radius 1 is 1.07 bits per heavy atom. The molecule has 0 unspecified atom stereocenters. The van der Waals surface area contributed by atoms with Gasteiger partial charge < -0.3 is 10.6 Å². The average molecular weight is 434 g/mol. The van der Waals surface area contributed by atoms with Crippen LogP contribution in [0.5, 0.6) is 0 Å². The number of benzene rings is 2. The Kier molecular flexibility index (Phi) is 7.53. The van der Waals surface area contributed by atoms with Crippen molar-refractivity contribution in [2.24, 2.45) is 5.92 Å². The van der Waals surface area contributed by atoms with E-state index in [-0.39, 0.29) is 23.8 Å². The molecule has 1 aliphatic heterocycles. The Balaban J connectivity index is 1.46. The molecular weight excluding hydrogens is 409 g/mol. The molecule has 1 heterocycles. The number of hydrogen-bond donors (Lipinski definition) is 2. The van der Waals surface area contributed by atoms with Gasteiger partial charge in [0.05, 0.1) is 6.04 Å². The summed E-state index contributed by atoms with van der Waals surface area (Å²) in [6.45, 7) is 3.82. The number of nitrogens with one attached hydrogen (secondary N) is 2. The number of nitrogens with zero attached hydrogens (tertiary/aromatic N) is 1. The van der Waals surface area contributed by atoms with Gasteiger partial charge in [0, 0.05) is 28.2 Å². The molecule has 0 aliphatic carbocycles. The van der Waals surface area contributed by atoms with Gasteiger partial charge >= 0.3 is 0 Å². The molecule has 5 nitrogen and oxygen atoms in total. The lowest BCUT2D eigenvalue weighted by Gasteiger charge is -2.34. The van der Waals surface area contributed by atoms with Crippen LogP contribution in [0.25, 0.3) is 0 Å². The molecule has 0 radical (unpaired) electrons. The van der Waals surface area contributed by atoms with E-state index in [1.54, 1.807) is 18.2 Å². The fraction of sp³-hybridized carbons (Fsp3) is 0.364. The Morgan fingerprint density at radius 3 is 2.31 bits per heavy atom. The van der Waals surface area contributed by atoms with Crippen molar-refractivity contribution >= 4 is 40.7 Å². The zero-order chi connectivity index (χ0) is 20.8. The maximum Gasteiger partial charge on any atom is 0.241 e. The Morgan fingerprint density at radius 2 is 1.69 bits per heavy atom. The lowest BCUT2D eigenvalue weighted by Crippen LogP contribution is -2.48. The first-order valence-electron chi connectivity index (χ1n) is 9.75. The van der Waals surface area contributed by atoms with E-state index in [9.17, 15) is 9.59 Å². The van der Waals surface area contributed by atoms with E-state index < -0.39 is 0 Å². The summed E-state index contributed by atoms with van der Waals surface area (Å²) < 4.78 is 0. The van der Waals surface area contributed by atoms with E-state index >= 15 is 0 Å². The van der Waals surface area contributed by atoms with Gasteiger partial charge in [-0.3, -0.25) is 14.5 Å². The van der Waals surface area contributed by atoms with Gasteiger partial charge in [0.25, 0.3) is 0 Å². The summed E-state index contributed by atoms with van der Waals surface area (Å²) in [5.41, 5.74) is 1.67. The van der Waals surface area contributed by atoms with Gasteiger partial charge in [-0.1, -0.05) is 53.5 Å². The van der Waals surface area contributed by atoms with E-state index in [2.05, 4.69) is 15.5 Å². The smallest absolute Gasteiger partial charge is 0.241 e. The van der Waals surface area contributed by atoms with Gasteiger partial charge in [0.1, 0.15) is 0 Å². The van der Waals surface area contributed by atoms with Crippen LogP contribution in [0.3, 0.4) is 0 Å². The fourth-order valence-electron chi connectivity index (χ4n) is 3.52. The molecule has 29 heavy (non-hydrogen) atoms. The molecule has 3 rings (SSSR count). The number of likely N-dealkylation sites (tertiary alicyclic amines) is 1. The molecule has 1 atom stereocenters. The van der Waals surface area contributed by atoms with Crippen molar-refractivity contribution in [2.75, 3.05) is 18.4 Å². The third-order valence-corrected chi connectivity index (χ3v) is 5.70. The van der Waals surface area contributed by atoms with Crippen LogP contribution >= 0.6 is 23.2 Å². The molecule has 7 heteroatoms. The Bertz CT molecular complexity index is 832. The molecule has 2 aromatic carbocycles. The van der Waals surface area contributed by atoms with Gasteiger partial charge in [0.2, 0.25) is 11.8 Å².